The fourth-order valence-electron chi connectivity index (χ4n) is 2.09. The fraction of sp³-hybridized carbons (Fsp3) is 0.579. The molecule has 27 heavy (non-hydrogen) atoms. The van der Waals surface area contributed by atoms with Crippen LogP contribution in [0.15, 0.2) is 24.3 Å². The lowest BCUT2D eigenvalue weighted by Crippen LogP contribution is -2.67. The Morgan fingerprint density at radius 3 is 1.48 bits per heavy atom. The maximum absolute atomic E-state index is 12.2. The zero-order valence-electron chi connectivity index (χ0n) is 17.0. The molecule has 0 unspecified atom stereocenters. The van der Waals surface area contributed by atoms with E-state index in [2.05, 4.69) is 33.3 Å². The number of hydrogen-bond acceptors (Lipinski definition) is 6. The molecular formula is C19H30N2O6. The van der Waals surface area contributed by atoms with Gasteiger partial charge in [-0.1, -0.05) is 47.3 Å². The molecular weight excluding hydrogens is 352 g/mol. The van der Waals surface area contributed by atoms with Crippen LogP contribution in [-0.4, -0.2) is 29.8 Å². The quantitative estimate of drug-likeness (QED) is 0.301. The van der Waals surface area contributed by atoms with Crippen molar-refractivity contribution in [2.45, 2.75) is 66.5 Å². The molecule has 0 saturated carbocycles. The van der Waals surface area contributed by atoms with Gasteiger partial charge in [0.05, 0.1) is 0 Å². The Morgan fingerprint density at radius 2 is 1.22 bits per heavy atom. The molecule has 0 atom stereocenters. The summed E-state index contributed by atoms with van der Waals surface area (Å²) in [5.41, 5.74) is -1.93. The third kappa shape index (κ3) is 7.64. The second-order valence-corrected chi connectivity index (χ2v) is 7.42. The zero-order valence-corrected chi connectivity index (χ0v) is 17.0. The lowest BCUT2D eigenvalue weighted by atomic mass is 9.77. The first-order valence-electron chi connectivity index (χ1n) is 8.65. The zero-order chi connectivity index (χ0) is 21.4. The van der Waals surface area contributed by atoms with Gasteiger partial charge in [0.1, 0.15) is 5.66 Å². The summed E-state index contributed by atoms with van der Waals surface area (Å²) in [6.07, 6.45) is -0.345. The molecule has 152 valence electrons. The molecule has 0 rings (SSSR count). The normalized spacial score (nSPS) is 11.2. The summed E-state index contributed by atoms with van der Waals surface area (Å²) in [6, 6.07) is 0. The van der Waals surface area contributed by atoms with Crippen molar-refractivity contribution in [2.75, 3.05) is 0 Å². The van der Waals surface area contributed by atoms with Crippen LogP contribution in [0, 0.1) is 5.41 Å². The van der Waals surface area contributed by atoms with Crippen LogP contribution in [0.4, 0.5) is 9.59 Å². The summed E-state index contributed by atoms with van der Waals surface area (Å²) in [5, 5.41) is 5.11. The lowest BCUT2D eigenvalue weighted by molar-refractivity contribution is -0.133. The fourth-order valence-corrected chi connectivity index (χ4v) is 2.09. The molecule has 2 N–H and O–H groups in total. The average molecular weight is 382 g/mol. The van der Waals surface area contributed by atoms with E-state index in [9.17, 15) is 19.2 Å². The Balaban J connectivity index is 5.64. The first-order valence-corrected chi connectivity index (χ1v) is 8.65. The van der Waals surface area contributed by atoms with E-state index >= 15 is 0 Å². The van der Waals surface area contributed by atoms with Crippen molar-refractivity contribution in [3.8, 4) is 0 Å². The summed E-state index contributed by atoms with van der Waals surface area (Å²) in [7, 11) is 0. The molecule has 8 nitrogen and oxygen atoms in total. The molecule has 0 aliphatic heterocycles. The molecule has 0 fully saturated rings. The number of amides is 2. The van der Waals surface area contributed by atoms with E-state index < -0.39 is 35.2 Å². The van der Waals surface area contributed by atoms with Crippen molar-refractivity contribution in [1.29, 1.82) is 0 Å². The number of nitrogens with one attached hydrogen (secondary N) is 2. The highest BCUT2D eigenvalue weighted by Crippen LogP contribution is 2.33. The molecule has 0 aliphatic carbocycles. The van der Waals surface area contributed by atoms with E-state index in [4.69, 9.17) is 0 Å². The highest BCUT2D eigenvalue weighted by Gasteiger charge is 2.45. The maximum atomic E-state index is 12.2. The third-order valence-electron chi connectivity index (χ3n) is 3.88. The molecule has 0 bridgehead atoms. The van der Waals surface area contributed by atoms with Gasteiger partial charge in [-0.05, 0) is 26.7 Å². The van der Waals surface area contributed by atoms with E-state index in [0.717, 1.165) is 6.42 Å². The third-order valence-corrected chi connectivity index (χ3v) is 3.88. The van der Waals surface area contributed by atoms with Crippen LogP contribution in [0.3, 0.4) is 0 Å². The van der Waals surface area contributed by atoms with Crippen LogP contribution in [0.1, 0.15) is 60.8 Å². The standard InChI is InChI=1S/C19H30N2O6/c1-9-10-11-19(18(6,7)8,20-16(24)26-14(22)12(2)3)21-17(25)27-15(23)13(4)5/h2,4,9-11H2,1,3,5-8H3,(H,20,24)(H,21,25). The number of hydrogen-bond donors (Lipinski definition) is 2. The molecule has 0 heterocycles. The maximum Gasteiger partial charge on any atom is 0.416 e. The first-order chi connectivity index (χ1) is 12.3. The van der Waals surface area contributed by atoms with Crippen molar-refractivity contribution >= 4 is 24.1 Å². The van der Waals surface area contributed by atoms with Gasteiger partial charge in [0, 0.05) is 16.6 Å². The summed E-state index contributed by atoms with van der Waals surface area (Å²) in [5.74, 6) is -1.77. The summed E-state index contributed by atoms with van der Waals surface area (Å²) in [6.45, 7) is 16.9. The summed E-state index contributed by atoms with van der Waals surface area (Å²) < 4.78 is 9.36. The number of unbranched alkanes of at least 4 members (excludes halogenated alkanes) is 1. The predicted octanol–water partition coefficient (Wildman–Crippen LogP) is 3.58. The van der Waals surface area contributed by atoms with Gasteiger partial charge in [-0.2, -0.15) is 0 Å². The van der Waals surface area contributed by atoms with Crippen LogP contribution < -0.4 is 10.6 Å². The number of ether oxygens (including phenoxy) is 2. The van der Waals surface area contributed by atoms with Crippen molar-refractivity contribution in [1.82, 2.24) is 10.6 Å². The van der Waals surface area contributed by atoms with E-state index in [-0.39, 0.29) is 11.1 Å². The topological polar surface area (TPSA) is 111 Å². The number of esters is 2. The van der Waals surface area contributed by atoms with Gasteiger partial charge in [-0.3, -0.25) is 10.6 Å². The Kier molecular flexibility index (Phi) is 8.93. The molecule has 0 radical (unpaired) electrons. The second kappa shape index (κ2) is 9.89. The Labute approximate surface area is 160 Å². The minimum absolute atomic E-state index is 0.0551. The van der Waals surface area contributed by atoms with Gasteiger partial charge < -0.3 is 9.47 Å². The first kappa shape index (κ1) is 24.4. The van der Waals surface area contributed by atoms with E-state index in [0.29, 0.717) is 12.8 Å². The second-order valence-electron chi connectivity index (χ2n) is 7.42. The number of rotatable bonds is 7. The van der Waals surface area contributed by atoms with Crippen molar-refractivity contribution in [2.24, 2.45) is 5.41 Å². The van der Waals surface area contributed by atoms with E-state index in [1.807, 2.05) is 6.92 Å². The molecule has 0 aromatic heterocycles. The van der Waals surface area contributed by atoms with Crippen LogP contribution in [-0.2, 0) is 19.1 Å². The smallest absolute Gasteiger partial charge is 0.373 e. The summed E-state index contributed by atoms with van der Waals surface area (Å²) in [4.78, 5) is 47.6. The van der Waals surface area contributed by atoms with Crippen LogP contribution in [0.2, 0.25) is 0 Å². The monoisotopic (exact) mass is 382 g/mol. The molecule has 0 aromatic rings. The minimum Gasteiger partial charge on any atom is -0.373 e. The largest absolute Gasteiger partial charge is 0.416 e. The molecule has 0 saturated heterocycles. The molecule has 2 amide bonds. The minimum atomic E-state index is -1.33. The van der Waals surface area contributed by atoms with Gasteiger partial charge in [-0.25, -0.2) is 19.2 Å². The van der Waals surface area contributed by atoms with Gasteiger partial charge in [0.2, 0.25) is 0 Å². The molecule has 0 spiro atoms. The summed E-state index contributed by atoms with van der Waals surface area (Å²) >= 11 is 0. The highest BCUT2D eigenvalue weighted by molar-refractivity contribution is 5.96. The van der Waals surface area contributed by atoms with E-state index in [1.165, 1.54) is 13.8 Å². The lowest BCUT2D eigenvalue weighted by Gasteiger charge is -2.45. The molecule has 0 aliphatic rings. The highest BCUT2D eigenvalue weighted by atomic mass is 16.6. The molecule has 8 heteroatoms. The SMILES string of the molecule is C=C(C)C(=O)OC(=O)NC(CCCC)(NC(=O)OC(=O)C(=C)C)C(C)(C)C. The predicted molar refractivity (Wildman–Crippen MR) is 101 cm³/mol. The van der Waals surface area contributed by atoms with Crippen LogP contribution in [0.25, 0.3) is 0 Å². The average Bonchev–Trinajstić information content (AvgIpc) is 2.50. The van der Waals surface area contributed by atoms with Crippen molar-refractivity contribution in [3.63, 3.8) is 0 Å². The van der Waals surface area contributed by atoms with Crippen molar-refractivity contribution < 1.29 is 28.7 Å². The van der Waals surface area contributed by atoms with Gasteiger partial charge in [0.15, 0.2) is 0 Å². The number of carbonyl (C=O) groups excluding carboxylic acids is 4. The van der Waals surface area contributed by atoms with Crippen LogP contribution >= 0.6 is 0 Å². The Morgan fingerprint density at radius 1 is 0.852 bits per heavy atom. The molecule has 0 aromatic carbocycles. The number of alkyl carbamates (subject to hydrolysis) is 2. The van der Waals surface area contributed by atoms with Gasteiger partial charge in [0.25, 0.3) is 0 Å². The van der Waals surface area contributed by atoms with Crippen molar-refractivity contribution in [3.05, 3.63) is 24.3 Å². The Bertz CT molecular complexity index is 589. The Hall–Kier alpha value is -2.64. The van der Waals surface area contributed by atoms with Crippen LogP contribution in [0.5, 0.6) is 0 Å². The number of carbonyl (C=O) groups is 4. The van der Waals surface area contributed by atoms with E-state index in [1.54, 1.807) is 20.8 Å². The van der Waals surface area contributed by atoms with Gasteiger partial charge >= 0.3 is 24.1 Å². The van der Waals surface area contributed by atoms with Gasteiger partial charge in [-0.15, -0.1) is 0 Å².